The van der Waals surface area contributed by atoms with Crippen LogP contribution < -0.4 is 0 Å². The Balaban J connectivity index is 1.92. The van der Waals surface area contributed by atoms with Crippen LogP contribution in [0.25, 0.3) is 0 Å². The van der Waals surface area contributed by atoms with E-state index in [1.165, 1.54) is 6.42 Å². The van der Waals surface area contributed by atoms with Gasteiger partial charge in [-0.1, -0.05) is 11.6 Å². The van der Waals surface area contributed by atoms with Crippen LogP contribution in [0.15, 0.2) is 4.52 Å². The van der Waals surface area contributed by atoms with E-state index in [0.717, 1.165) is 19.4 Å². The zero-order valence-corrected chi connectivity index (χ0v) is 10.6. The molecule has 0 aliphatic carbocycles. The van der Waals surface area contributed by atoms with Gasteiger partial charge in [0, 0.05) is 19.4 Å². The third-order valence-electron chi connectivity index (χ3n) is 3.35. The van der Waals surface area contributed by atoms with Gasteiger partial charge in [-0.3, -0.25) is 9.69 Å². The Bertz CT molecular complexity index is 405. The maximum Gasteiger partial charge on any atom is 0.303 e. The number of hydrogen-bond donors (Lipinski definition) is 1. The fourth-order valence-corrected chi connectivity index (χ4v) is 2.47. The summed E-state index contributed by atoms with van der Waals surface area (Å²) in [4.78, 5) is 17.1. The molecule has 18 heavy (non-hydrogen) atoms. The van der Waals surface area contributed by atoms with E-state index in [9.17, 15) is 4.79 Å². The van der Waals surface area contributed by atoms with Crippen molar-refractivity contribution in [3.63, 3.8) is 0 Å². The van der Waals surface area contributed by atoms with Crippen LogP contribution in [-0.2, 0) is 11.3 Å². The van der Waals surface area contributed by atoms with Gasteiger partial charge in [0.2, 0.25) is 5.89 Å². The Morgan fingerprint density at radius 3 is 3.06 bits per heavy atom. The lowest BCUT2D eigenvalue weighted by molar-refractivity contribution is -0.137. The van der Waals surface area contributed by atoms with E-state index in [0.29, 0.717) is 30.7 Å². The number of likely N-dealkylation sites (tertiary alicyclic amines) is 1. The lowest BCUT2D eigenvalue weighted by Gasteiger charge is -2.34. The number of aliphatic carboxylic acids is 1. The van der Waals surface area contributed by atoms with Crippen molar-refractivity contribution >= 4 is 5.97 Å². The van der Waals surface area contributed by atoms with Crippen molar-refractivity contribution in [2.45, 2.75) is 51.6 Å². The fourth-order valence-electron chi connectivity index (χ4n) is 2.47. The normalized spacial score (nSPS) is 21.1. The summed E-state index contributed by atoms with van der Waals surface area (Å²) in [6, 6.07) is 0.327. The van der Waals surface area contributed by atoms with Crippen LogP contribution in [0.3, 0.4) is 0 Å². The Kier molecular flexibility index (Phi) is 4.30. The number of hydrogen-bond acceptors (Lipinski definition) is 5. The zero-order valence-electron chi connectivity index (χ0n) is 10.6. The largest absolute Gasteiger partial charge is 0.481 e. The van der Waals surface area contributed by atoms with E-state index in [4.69, 9.17) is 9.63 Å². The van der Waals surface area contributed by atoms with Crippen LogP contribution in [0, 0.1) is 6.92 Å². The number of carboxylic acids is 1. The molecule has 1 N–H and O–H groups in total. The lowest BCUT2D eigenvalue weighted by atomic mass is 9.98. The Morgan fingerprint density at radius 1 is 1.56 bits per heavy atom. The van der Waals surface area contributed by atoms with Crippen molar-refractivity contribution in [3.05, 3.63) is 11.7 Å². The monoisotopic (exact) mass is 253 g/mol. The minimum Gasteiger partial charge on any atom is -0.481 e. The third kappa shape index (κ3) is 3.53. The Morgan fingerprint density at radius 2 is 2.39 bits per heavy atom. The van der Waals surface area contributed by atoms with Gasteiger partial charge in [-0.25, -0.2) is 0 Å². The van der Waals surface area contributed by atoms with Gasteiger partial charge in [-0.15, -0.1) is 0 Å². The molecule has 1 atom stereocenters. The van der Waals surface area contributed by atoms with E-state index in [-0.39, 0.29) is 6.42 Å². The molecule has 6 heteroatoms. The minimum absolute atomic E-state index is 0.229. The summed E-state index contributed by atoms with van der Waals surface area (Å²) in [5.74, 6) is 0.537. The molecule has 0 bridgehead atoms. The van der Waals surface area contributed by atoms with Crippen LogP contribution in [-0.4, -0.2) is 38.7 Å². The van der Waals surface area contributed by atoms with Gasteiger partial charge >= 0.3 is 5.97 Å². The lowest BCUT2D eigenvalue weighted by Crippen LogP contribution is -2.39. The first-order valence-corrected chi connectivity index (χ1v) is 6.40. The molecule has 0 radical (unpaired) electrons. The first-order chi connectivity index (χ1) is 8.65. The molecule has 100 valence electrons. The van der Waals surface area contributed by atoms with E-state index in [1.54, 1.807) is 6.92 Å². The zero-order chi connectivity index (χ0) is 13.0. The molecule has 6 nitrogen and oxygen atoms in total. The molecular formula is C12H19N3O3. The summed E-state index contributed by atoms with van der Waals surface area (Å²) in [5, 5.41) is 12.7. The molecule has 1 unspecified atom stereocenters. The molecular weight excluding hydrogens is 234 g/mol. The van der Waals surface area contributed by atoms with Gasteiger partial charge < -0.3 is 9.63 Å². The van der Waals surface area contributed by atoms with Gasteiger partial charge in [0.1, 0.15) is 0 Å². The van der Waals surface area contributed by atoms with Crippen molar-refractivity contribution in [2.24, 2.45) is 0 Å². The smallest absolute Gasteiger partial charge is 0.303 e. The van der Waals surface area contributed by atoms with E-state index < -0.39 is 5.97 Å². The Labute approximate surface area is 106 Å². The fraction of sp³-hybridized carbons (Fsp3) is 0.750. The maximum atomic E-state index is 10.7. The highest BCUT2D eigenvalue weighted by molar-refractivity contribution is 5.66. The third-order valence-corrected chi connectivity index (χ3v) is 3.35. The molecule has 1 saturated heterocycles. The van der Waals surface area contributed by atoms with Gasteiger partial charge in [0.05, 0.1) is 6.54 Å². The maximum absolute atomic E-state index is 10.7. The number of carboxylic acid groups (broad SMARTS) is 1. The van der Waals surface area contributed by atoms with Crippen molar-refractivity contribution in [2.75, 3.05) is 6.54 Å². The summed E-state index contributed by atoms with van der Waals surface area (Å²) < 4.78 is 4.96. The van der Waals surface area contributed by atoms with Crippen molar-refractivity contribution in [1.82, 2.24) is 15.0 Å². The second-order valence-electron chi connectivity index (χ2n) is 4.78. The number of rotatable bonds is 5. The SMILES string of the molecule is Cc1nc(CN2CCCCC2CCC(=O)O)no1. The predicted molar refractivity (Wildman–Crippen MR) is 64.0 cm³/mol. The second-order valence-corrected chi connectivity index (χ2v) is 4.78. The van der Waals surface area contributed by atoms with Crippen molar-refractivity contribution in [3.8, 4) is 0 Å². The van der Waals surface area contributed by atoms with E-state index in [1.807, 2.05) is 0 Å². The molecule has 0 saturated carbocycles. The molecule has 2 heterocycles. The summed E-state index contributed by atoms with van der Waals surface area (Å²) in [6.45, 7) is 3.41. The number of carbonyl (C=O) groups is 1. The first kappa shape index (κ1) is 13.0. The molecule has 1 aromatic rings. The number of aryl methyl sites for hydroxylation is 1. The standard InChI is InChI=1S/C12H19N3O3/c1-9-13-11(14-18-9)8-15-7-3-2-4-10(15)5-6-12(16)17/h10H,2-8H2,1H3,(H,16,17). The average molecular weight is 253 g/mol. The number of nitrogens with zero attached hydrogens (tertiary/aromatic N) is 3. The molecule has 1 aromatic heterocycles. The second kappa shape index (κ2) is 5.95. The molecule has 1 aliphatic heterocycles. The minimum atomic E-state index is -0.726. The molecule has 0 spiro atoms. The molecule has 0 aromatic carbocycles. The topological polar surface area (TPSA) is 79.5 Å². The van der Waals surface area contributed by atoms with Gasteiger partial charge in [0.15, 0.2) is 5.82 Å². The van der Waals surface area contributed by atoms with Crippen LogP contribution >= 0.6 is 0 Å². The molecule has 1 aliphatic rings. The highest BCUT2D eigenvalue weighted by Gasteiger charge is 2.24. The quantitative estimate of drug-likeness (QED) is 0.858. The first-order valence-electron chi connectivity index (χ1n) is 6.40. The summed E-state index contributed by atoms with van der Waals surface area (Å²) in [5.41, 5.74) is 0. The number of piperidine rings is 1. The molecule has 1 fully saturated rings. The summed E-state index contributed by atoms with van der Waals surface area (Å²) >= 11 is 0. The summed E-state index contributed by atoms with van der Waals surface area (Å²) in [6.07, 6.45) is 4.31. The predicted octanol–water partition coefficient (Wildman–Crippen LogP) is 1.60. The van der Waals surface area contributed by atoms with Crippen LogP contribution in [0.5, 0.6) is 0 Å². The molecule has 2 rings (SSSR count). The summed E-state index contributed by atoms with van der Waals surface area (Å²) in [7, 11) is 0. The van der Waals surface area contributed by atoms with Gasteiger partial charge in [-0.05, 0) is 25.8 Å². The van der Waals surface area contributed by atoms with Gasteiger partial charge in [-0.2, -0.15) is 4.98 Å². The Hall–Kier alpha value is -1.43. The van der Waals surface area contributed by atoms with E-state index in [2.05, 4.69) is 15.0 Å². The van der Waals surface area contributed by atoms with Crippen molar-refractivity contribution < 1.29 is 14.4 Å². The van der Waals surface area contributed by atoms with Crippen molar-refractivity contribution in [1.29, 1.82) is 0 Å². The van der Waals surface area contributed by atoms with Crippen LogP contribution in [0.2, 0.25) is 0 Å². The highest BCUT2D eigenvalue weighted by Crippen LogP contribution is 2.22. The van der Waals surface area contributed by atoms with E-state index >= 15 is 0 Å². The highest BCUT2D eigenvalue weighted by atomic mass is 16.5. The van der Waals surface area contributed by atoms with Crippen LogP contribution in [0.4, 0.5) is 0 Å². The molecule has 0 amide bonds. The number of aromatic nitrogens is 2. The van der Waals surface area contributed by atoms with Crippen LogP contribution in [0.1, 0.15) is 43.8 Å². The van der Waals surface area contributed by atoms with Gasteiger partial charge in [0.25, 0.3) is 0 Å². The average Bonchev–Trinajstić information content (AvgIpc) is 2.73.